The molecule has 2 aromatic carbocycles. The predicted octanol–water partition coefficient (Wildman–Crippen LogP) is 3.08. The number of anilines is 1. The van der Waals surface area contributed by atoms with Crippen LogP contribution in [-0.2, 0) is 20.0 Å². The molecule has 0 fully saturated rings. The molecule has 0 unspecified atom stereocenters. The Balaban J connectivity index is 2.36. The Bertz CT molecular complexity index is 1080. The van der Waals surface area contributed by atoms with Crippen LogP contribution in [0.1, 0.15) is 13.8 Å². The smallest absolute Gasteiger partial charge is 0.278 e. The molecule has 0 bridgehead atoms. The summed E-state index contributed by atoms with van der Waals surface area (Å²) >= 11 is 5.90. The van der Waals surface area contributed by atoms with Crippen molar-refractivity contribution >= 4 is 43.0 Å². The number of sulfonamides is 2. The summed E-state index contributed by atoms with van der Waals surface area (Å²) in [5.41, 5.74) is -0.599. The van der Waals surface area contributed by atoms with Crippen LogP contribution in [0.5, 0.6) is 0 Å². The van der Waals surface area contributed by atoms with Crippen LogP contribution in [0.15, 0.2) is 52.3 Å². The molecular formula is C16H18ClN3O6S2. The molecule has 9 nitrogen and oxygen atoms in total. The highest BCUT2D eigenvalue weighted by Crippen LogP contribution is 2.33. The second-order valence-electron chi connectivity index (χ2n) is 5.56. The molecule has 0 aromatic heterocycles. The molecule has 0 spiro atoms. The highest BCUT2D eigenvalue weighted by atomic mass is 35.5. The van der Waals surface area contributed by atoms with Crippen molar-refractivity contribution in [1.29, 1.82) is 0 Å². The van der Waals surface area contributed by atoms with Crippen LogP contribution in [0.25, 0.3) is 0 Å². The number of nitro groups is 1. The van der Waals surface area contributed by atoms with E-state index >= 15 is 0 Å². The van der Waals surface area contributed by atoms with Crippen molar-refractivity contribution in [3.05, 3.63) is 57.6 Å². The zero-order valence-corrected chi connectivity index (χ0v) is 17.4. The lowest BCUT2D eigenvalue weighted by molar-refractivity contribution is -0.384. The van der Waals surface area contributed by atoms with Gasteiger partial charge in [-0.05, 0) is 30.3 Å². The van der Waals surface area contributed by atoms with Crippen molar-refractivity contribution < 1.29 is 21.8 Å². The topological polar surface area (TPSA) is 127 Å². The number of nitrogens with one attached hydrogen (secondary N) is 1. The first-order chi connectivity index (χ1) is 13.0. The lowest BCUT2D eigenvalue weighted by atomic mass is 10.3. The Kier molecular flexibility index (Phi) is 6.65. The fourth-order valence-electron chi connectivity index (χ4n) is 2.45. The van der Waals surface area contributed by atoms with Crippen LogP contribution < -0.4 is 4.72 Å². The van der Waals surface area contributed by atoms with E-state index in [-0.39, 0.29) is 33.6 Å². The molecule has 0 aliphatic heterocycles. The molecule has 0 saturated carbocycles. The van der Waals surface area contributed by atoms with E-state index in [2.05, 4.69) is 4.72 Å². The largest absolute Gasteiger partial charge is 0.290 e. The number of nitro benzene ring substituents is 1. The molecule has 152 valence electrons. The van der Waals surface area contributed by atoms with Gasteiger partial charge < -0.3 is 0 Å². The Hall–Kier alpha value is -2.21. The lowest BCUT2D eigenvalue weighted by Crippen LogP contribution is -2.30. The van der Waals surface area contributed by atoms with Crippen molar-refractivity contribution in [3.63, 3.8) is 0 Å². The minimum absolute atomic E-state index is 0.0384. The third-order valence-electron chi connectivity index (χ3n) is 3.90. The number of hydrogen-bond donors (Lipinski definition) is 1. The van der Waals surface area contributed by atoms with Gasteiger partial charge in [0, 0.05) is 19.2 Å². The number of nitrogens with zero attached hydrogens (tertiary/aromatic N) is 2. The second kappa shape index (κ2) is 8.43. The van der Waals surface area contributed by atoms with Crippen molar-refractivity contribution in [3.8, 4) is 0 Å². The molecule has 0 amide bonds. The molecule has 2 rings (SSSR count). The Morgan fingerprint density at radius 3 is 2.04 bits per heavy atom. The zero-order valence-electron chi connectivity index (χ0n) is 15.0. The van der Waals surface area contributed by atoms with E-state index < -0.39 is 30.7 Å². The second-order valence-corrected chi connectivity index (χ2v) is 9.56. The molecule has 1 N–H and O–H groups in total. The third-order valence-corrected chi connectivity index (χ3v) is 7.74. The van der Waals surface area contributed by atoms with E-state index in [1.807, 2.05) is 0 Å². The minimum Gasteiger partial charge on any atom is -0.278 e. The van der Waals surface area contributed by atoms with Crippen LogP contribution >= 0.6 is 11.6 Å². The van der Waals surface area contributed by atoms with Crippen LogP contribution in [-0.4, -0.2) is 39.2 Å². The zero-order chi connectivity index (χ0) is 21.1. The van der Waals surface area contributed by atoms with E-state index in [9.17, 15) is 26.9 Å². The summed E-state index contributed by atoms with van der Waals surface area (Å²) in [4.78, 5) is 9.95. The summed E-state index contributed by atoms with van der Waals surface area (Å²) in [6.45, 7) is 3.97. The van der Waals surface area contributed by atoms with Crippen molar-refractivity contribution in [2.75, 3.05) is 17.8 Å². The van der Waals surface area contributed by atoms with Gasteiger partial charge in [0.1, 0.15) is 5.02 Å². The first-order valence-electron chi connectivity index (χ1n) is 8.10. The first-order valence-corrected chi connectivity index (χ1v) is 11.4. The molecule has 0 saturated heterocycles. The maximum Gasteiger partial charge on any atom is 0.290 e. The van der Waals surface area contributed by atoms with Crippen LogP contribution in [0.3, 0.4) is 0 Å². The van der Waals surface area contributed by atoms with E-state index in [4.69, 9.17) is 11.6 Å². The normalized spacial score (nSPS) is 12.1. The SMILES string of the molecule is CCN(CC)S(=O)(=O)c1ccc(S(=O)(=O)Nc2cccc([N+](=O)[O-])c2Cl)cc1. The van der Waals surface area contributed by atoms with Gasteiger partial charge in [-0.3, -0.25) is 14.8 Å². The Morgan fingerprint density at radius 1 is 1.00 bits per heavy atom. The molecule has 2 aromatic rings. The van der Waals surface area contributed by atoms with Crippen LogP contribution in [0.4, 0.5) is 11.4 Å². The minimum atomic E-state index is -4.14. The molecule has 0 aliphatic rings. The van der Waals surface area contributed by atoms with E-state index in [0.29, 0.717) is 0 Å². The van der Waals surface area contributed by atoms with Gasteiger partial charge in [-0.1, -0.05) is 31.5 Å². The molecule has 0 atom stereocenters. The fourth-order valence-corrected chi connectivity index (χ4v) is 5.27. The van der Waals surface area contributed by atoms with Gasteiger partial charge in [-0.25, -0.2) is 16.8 Å². The monoisotopic (exact) mass is 447 g/mol. The summed E-state index contributed by atoms with van der Waals surface area (Å²) in [5.74, 6) is 0. The van der Waals surface area contributed by atoms with Gasteiger partial charge >= 0.3 is 0 Å². The fraction of sp³-hybridized carbons (Fsp3) is 0.250. The van der Waals surface area contributed by atoms with Crippen LogP contribution in [0.2, 0.25) is 5.02 Å². The van der Waals surface area contributed by atoms with Crippen molar-refractivity contribution in [1.82, 2.24) is 4.31 Å². The summed E-state index contributed by atoms with van der Waals surface area (Å²) in [5, 5.41) is 10.6. The highest BCUT2D eigenvalue weighted by Gasteiger charge is 2.24. The number of halogens is 1. The summed E-state index contributed by atoms with van der Waals surface area (Å²) in [7, 11) is -7.86. The summed E-state index contributed by atoms with van der Waals surface area (Å²) < 4.78 is 53.5. The van der Waals surface area contributed by atoms with Gasteiger partial charge in [0.05, 0.1) is 20.4 Å². The quantitative estimate of drug-likeness (QED) is 0.489. The number of benzene rings is 2. The molecule has 0 aliphatic carbocycles. The van der Waals surface area contributed by atoms with Crippen molar-refractivity contribution in [2.24, 2.45) is 0 Å². The van der Waals surface area contributed by atoms with Gasteiger partial charge in [0.2, 0.25) is 10.0 Å². The number of rotatable bonds is 8. The summed E-state index contributed by atoms with van der Waals surface area (Å²) in [6.07, 6.45) is 0. The number of hydrogen-bond acceptors (Lipinski definition) is 6. The van der Waals surface area contributed by atoms with Gasteiger partial charge in [-0.15, -0.1) is 0 Å². The third kappa shape index (κ3) is 4.43. The van der Waals surface area contributed by atoms with Gasteiger partial charge in [0.25, 0.3) is 15.7 Å². The molecule has 0 heterocycles. The molecule has 12 heteroatoms. The summed E-state index contributed by atoms with van der Waals surface area (Å²) in [6, 6.07) is 8.39. The maximum absolute atomic E-state index is 12.5. The van der Waals surface area contributed by atoms with Crippen molar-refractivity contribution in [2.45, 2.75) is 23.6 Å². The molecular weight excluding hydrogens is 430 g/mol. The standard InChI is InChI=1S/C16H18ClN3O6S2/c1-3-19(4-2)28(25,26)13-10-8-12(9-11-13)27(23,24)18-14-6-5-7-15(16(14)17)20(21)22/h5-11,18H,3-4H2,1-2H3. The Morgan fingerprint density at radius 2 is 1.54 bits per heavy atom. The lowest BCUT2D eigenvalue weighted by Gasteiger charge is -2.18. The first kappa shape index (κ1) is 22.1. The van der Waals surface area contributed by atoms with E-state index in [1.54, 1.807) is 13.8 Å². The van der Waals surface area contributed by atoms with Gasteiger partial charge in [-0.2, -0.15) is 4.31 Å². The van der Waals surface area contributed by atoms with E-state index in [0.717, 1.165) is 18.2 Å². The molecule has 28 heavy (non-hydrogen) atoms. The average Bonchev–Trinajstić information content (AvgIpc) is 2.64. The average molecular weight is 448 g/mol. The van der Waals surface area contributed by atoms with E-state index in [1.165, 1.54) is 28.6 Å². The molecule has 0 radical (unpaired) electrons. The highest BCUT2D eigenvalue weighted by molar-refractivity contribution is 7.92. The van der Waals surface area contributed by atoms with Gasteiger partial charge in [0.15, 0.2) is 0 Å². The Labute approximate surface area is 168 Å². The predicted molar refractivity (Wildman–Crippen MR) is 105 cm³/mol. The maximum atomic E-state index is 12.5. The van der Waals surface area contributed by atoms with Crippen LogP contribution in [0, 0.1) is 10.1 Å².